The Morgan fingerprint density at radius 1 is 1.47 bits per heavy atom. The maximum Gasteiger partial charge on any atom is 0.228 e. The van der Waals surface area contributed by atoms with Gasteiger partial charge >= 0.3 is 0 Å². The molecule has 0 saturated heterocycles. The Hall–Kier alpha value is -2.14. The molecule has 5 heteroatoms. The largest absolute Gasteiger partial charge is 0.345 e. The minimum absolute atomic E-state index is 0.00550. The molecule has 1 aromatic carbocycles. The van der Waals surface area contributed by atoms with E-state index < -0.39 is 0 Å². The third-order valence-corrected chi connectivity index (χ3v) is 2.86. The van der Waals surface area contributed by atoms with E-state index in [0.717, 1.165) is 17.1 Å². The van der Waals surface area contributed by atoms with E-state index in [9.17, 15) is 4.79 Å². The Kier molecular flexibility index (Phi) is 4.30. The monoisotopic (exact) mass is 258 g/mol. The van der Waals surface area contributed by atoms with Gasteiger partial charge in [-0.2, -0.15) is 0 Å². The highest BCUT2D eigenvalue weighted by molar-refractivity contribution is 5.93. The fraction of sp³-hybridized carbons (Fsp3) is 0.286. The van der Waals surface area contributed by atoms with Gasteiger partial charge in [0.1, 0.15) is 5.82 Å². The van der Waals surface area contributed by atoms with Crippen molar-refractivity contribution >= 4 is 11.6 Å². The molecule has 3 N–H and O–H groups in total. The number of hydrogen-bond acceptors (Lipinski definition) is 3. The van der Waals surface area contributed by atoms with Gasteiger partial charge in [0.15, 0.2) is 0 Å². The van der Waals surface area contributed by atoms with Gasteiger partial charge in [0, 0.05) is 36.1 Å². The summed E-state index contributed by atoms with van der Waals surface area (Å²) in [6.07, 6.45) is 3.48. The SMILES string of the molecule is CNCC(C)C(=O)Nc1cccc(-c2ncc[nH]2)c1. The van der Waals surface area contributed by atoms with Gasteiger partial charge in [-0.25, -0.2) is 4.98 Å². The minimum Gasteiger partial charge on any atom is -0.345 e. The molecular formula is C14H18N4O. The highest BCUT2D eigenvalue weighted by Crippen LogP contribution is 2.19. The predicted octanol–water partition coefficient (Wildman–Crippen LogP) is 1.87. The zero-order valence-electron chi connectivity index (χ0n) is 11.1. The van der Waals surface area contributed by atoms with Crippen LogP contribution in [0.3, 0.4) is 0 Å². The summed E-state index contributed by atoms with van der Waals surface area (Å²) in [6.45, 7) is 2.55. The van der Waals surface area contributed by atoms with Crippen LogP contribution < -0.4 is 10.6 Å². The topological polar surface area (TPSA) is 69.8 Å². The molecule has 0 aliphatic heterocycles. The molecule has 0 bridgehead atoms. The third kappa shape index (κ3) is 3.42. The average molecular weight is 258 g/mol. The molecule has 1 unspecified atom stereocenters. The van der Waals surface area contributed by atoms with Crippen LogP contribution in [-0.4, -0.2) is 29.5 Å². The Bertz CT molecular complexity index is 536. The highest BCUT2D eigenvalue weighted by atomic mass is 16.1. The molecule has 0 aliphatic carbocycles. The number of anilines is 1. The summed E-state index contributed by atoms with van der Waals surface area (Å²) in [5.74, 6) is 0.725. The molecule has 2 rings (SSSR count). The molecule has 5 nitrogen and oxygen atoms in total. The molecule has 1 amide bonds. The number of imidazole rings is 1. The van der Waals surface area contributed by atoms with Crippen LogP contribution in [0.4, 0.5) is 5.69 Å². The fourth-order valence-corrected chi connectivity index (χ4v) is 1.83. The number of carbonyl (C=O) groups excluding carboxylic acids is 1. The summed E-state index contributed by atoms with van der Waals surface area (Å²) >= 11 is 0. The lowest BCUT2D eigenvalue weighted by molar-refractivity contribution is -0.119. The molecule has 1 heterocycles. The van der Waals surface area contributed by atoms with Crippen molar-refractivity contribution < 1.29 is 4.79 Å². The van der Waals surface area contributed by atoms with Crippen LogP contribution in [0.2, 0.25) is 0 Å². The lowest BCUT2D eigenvalue weighted by atomic mass is 10.1. The molecule has 0 radical (unpaired) electrons. The van der Waals surface area contributed by atoms with Crippen molar-refractivity contribution in [1.82, 2.24) is 15.3 Å². The molecule has 0 spiro atoms. The summed E-state index contributed by atoms with van der Waals surface area (Å²) in [5, 5.41) is 5.90. The fourth-order valence-electron chi connectivity index (χ4n) is 1.83. The zero-order chi connectivity index (χ0) is 13.7. The molecule has 1 atom stereocenters. The lowest BCUT2D eigenvalue weighted by Gasteiger charge is -2.12. The van der Waals surface area contributed by atoms with E-state index in [1.165, 1.54) is 0 Å². The van der Waals surface area contributed by atoms with Gasteiger partial charge in [-0.15, -0.1) is 0 Å². The summed E-state index contributed by atoms with van der Waals surface area (Å²) in [7, 11) is 1.83. The molecule has 1 aromatic heterocycles. The van der Waals surface area contributed by atoms with Gasteiger partial charge in [0.05, 0.1) is 0 Å². The standard InChI is InChI=1S/C14H18N4O/c1-10(9-15-2)14(19)18-12-5-3-4-11(8-12)13-16-6-7-17-13/h3-8,10,15H,9H2,1-2H3,(H,16,17)(H,18,19). The Morgan fingerprint density at radius 3 is 3.00 bits per heavy atom. The number of aromatic amines is 1. The molecule has 100 valence electrons. The molecule has 0 aliphatic rings. The van der Waals surface area contributed by atoms with Crippen molar-refractivity contribution in [1.29, 1.82) is 0 Å². The minimum atomic E-state index is -0.0720. The van der Waals surface area contributed by atoms with E-state index in [1.807, 2.05) is 38.2 Å². The number of nitrogens with one attached hydrogen (secondary N) is 3. The second-order valence-electron chi connectivity index (χ2n) is 4.47. The molecule has 2 aromatic rings. The average Bonchev–Trinajstić information content (AvgIpc) is 2.93. The van der Waals surface area contributed by atoms with Crippen LogP contribution in [0.15, 0.2) is 36.7 Å². The maximum absolute atomic E-state index is 11.9. The van der Waals surface area contributed by atoms with E-state index in [2.05, 4.69) is 20.6 Å². The molecular weight excluding hydrogens is 240 g/mol. The number of aromatic nitrogens is 2. The van der Waals surface area contributed by atoms with Gasteiger partial charge in [0.25, 0.3) is 0 Å². The van der Waals surface area contributed by atoms with E-state index in [1.54, 1.807) is 12.4 Å². The molecule has 19 heavy (non-hydrogen) atoms. The second-order valence-corrected chi connectivity index (χ2v) is 4.47. The number of hydrogen-bond donors (Lipinski definition) is 3. The highest BCUT2D eigenvalue weighted by Gasteiger charge is 2.12. The first-order valence-corrected chi connectivity index (χ1v) is 6.26. The van der Waals surface area contributed by atoms with Gasteiger partial charge in [-0.05, 0) is 19.2 Å². The molecule has 0 fully saturated rings. The van der Waals surface area contributed by atoms with Crippen molar-refractivity contribution in [3.8, 4) is 11.4 Å². The molecule has 0 saturated carbocycles. The van der Waals surface area contributed by atoms with E-state index in [-0.39, 0.29) is 11.8 Å². The lowest BCUT2D eigenvalue weighted by Crippen LogP contribution is -2.28. The first kappa shape index (κ1) is 13.3. The third-order valence-electron chi connectivity index (χ3n) is 2.86. The van der Waals surface area contributed by atoms with Gasteiger partial charge < -0.3 is 15.6 Å². The first-order chi connectivity index (χ1) is 9.20. The summed E-state index contributed by atoms with van der Waals surface area (Å²) in [4.78, 5) is 19.2. The van der Waals surface area contributed by atoms with Crippen LogP contribution in [0.1, 0.15) is 6.92 Å². The van der Waals surface area contributed by atoms with Crippen molar-refractivity contribution in [2.75, 3.05) is 18.9 Å². The summed E-state index contributed by atoms with van der Waals surface area (Å²) in [6, 6.07) is 7.63. The quantitative estimate of drug-likeness (QED) is 0.766. The van der Waals surface area contributed by atoms with Gasteiger partial charge in [-0.1, -0.05) is 19.1 Å². The summed E-state index contributed by atoms with van der Waals surface area (Å²) < 4.78 is 0. The normalized spacial score (nSPS) is 12.1. The van der Waals surface area contributed by atoms with Crippen LogP contribution in [0, 0.1) is 5.92 Å². The van der Waals surface area contributed by atoms with Crippen LogP contribution >= 0.6 is 0 Å². The van der Waals surface area contributed by atoms with Crippen LogP contribution in [0.25, 0.3) is 11.4 Å². The van der Waals surface area contributed by atoms with Gasteiger partial charge in [-0.3, -0.25) is 4.79 Å². The van der Waals surface area contributed by atoms with E-state index in [0.29, 0.717) is 6.54 Å². The summed E-state index contributed by atoms with van der Waals surface area (Å²) in [5.41, 5.74) is 1.73. The smallest absolute Gasteiger partial charge is 0.228 e. The number of carbonyl (C=O) groups is 1. The van der Waals surface area contributed by atoms with Crippen molar-refractivity contribution in [3.05, 3.63) is 36.7 Å². The van der Waals surface area contributed by atoms with E-state index in [4.69, 9.17) is 0 Å². The Labute approximate surface area is 112 Å². The van der Waals surface area contributed by atoms with Crippen molar-refractivity contribution in [3.63, 3.8) is 0 Å². The number of amides is 1. The van der Waals surface area contributed by atoms with E-state index >= 15 is 0 Å². The Morgan fingerprint density at radius 2 is 2.32 bits per heavy atom. The maximum atomic E-state index is 11.9. The predicted molar refractivity (Wildman–Crippen MR) is 75.7 cm³/mol. The zero-order valence-corrected chi connectivity index (χ0v) is 11.1. The van der Waals surface area contributed by atoms with Crippen LogP contribution in [-0.2, 0) is 4.79 Å². The first-order valence-electron chi connectivity index (χ1n) is 6.26. The Balaban J connectivity index is 2.09. The number of benzene rings is 1. The number of nitrogens with zero attached hydrogens (tertiary/aromatic N) is 1. The number of H-pyrrole nitrogens is 1. The number of rotatable bonds is 5. The van der Waals surface area contributed by atoms with Crippen molar-refractivity contribution in [2.45, 2.75) is 6.92 Å². The second kappa shape index (κ2) is 6.15. The van der Waals surface area contributed by atoms with Crippen molar-refractivity contribution in [2.24, 2.45) is 5.92 Å². The van der Waals surface area contributed by atoms with Gasteiger partial charge in [0.2, 0.25) is 5.91 Å². The van der Waals surface area contributed by atoms with Crippen LogP contribution in [0.5, 0.6) is 0 Å².